The summed E-state index contributed by atoms with van der Waals surface area (Å²) in [6.45, 7) is 1.81. The van der Waals surface area contributed by atoms with E-state index < -0.39 is 0 Å². The lowest BCUT2D eigenvalue weighted by atomic mass is 10.3. The van der Waals surface area contributed by atoms with Crippen molar-refractivity contribution in [3.63, 3.8) is 0 Å². The Kier molecular flexibility index (Phi) is 2.78. The zero-order valence-electron chi connectivity index (χ0n) is 8.64. The molecular weight excluding hydrogens is 270 g/mol. The van der Waals surface area contributed by atoms with Crippen molar-refractivity contribution in [3.8, 4) is 5.69 Å². The number of halogens is 1. The highest BCUT2D eigenvalue weighted by atomic mass is 79.9. The molecule has 0 atom stereocenters. The van der Waals surface area contributed by atoms with Crippen molar-refractivity contribution in [2.45, 2.75) is 6.92 Å². The SMILES string of the molecule is Cc1cc(=O)c(N)nn1-c1ccccc1Br. The predicted octanol–water partition coefficient (Wildman–Crippen LogP) is 1.89. The molecule has 0 unspecified atom stereocenters. The van der Waals surface area contributed by atoms with Gasteiger partial charge in [-0.2, -0.15) is 0 Å². The summed E-state index contributed by atoms with van der Waals surface area (Å²) < 4.78 is 2.54. The molecule has 0 saturated heterocycles. The topological polar surface area (TPSA) is 60.9 Å². The van der Waals surface area contributed by atoms with Crippen LogP contribution in [0.2, 0.25) is 0 Å². The van der Waals surface area contributed by atoms with Gasteiger partial charge in [-0.3, -0.25) is 4.79 Å². The molecule has 0 aliphatic heterocycles. The standard InChI is InChI=1S/C11H10BrN3O/c1-7-6-10(16)11(13)14-15(7)9-5-3-2-4-8(9)12/h2-6H,1H3,(H2,13,14). The number of aryl methyl sites for hydroxylation is 1. The van der Waals surface area contributed by atoms with E-state index in [1.165, 1.54) is 6.07 Å². The Morgan fingerprint density at radius 3 is 2.75 bits per heavy atom. The van der Waals surface area contributed by atoms with Crippen molar-refractivity contribution in [2.75, 3.05) is 5.73 Å². The van der Waals surface area contributed by atoms with E-state index in [0.717, 1.165) is 15.9 Å². The van der Waals surface area contributed by atoms with Gasteiger partial charge in [-0.15, -0.1) is 5.10 Å². The Morgan fingerprint density at radius 2 is 2.06 bits per heavy atom. The van der Waals surface area contributed by atoms with E-state index in [1.54, 1.807) is 4.68 Å². The van der Waals surface area contributed by atoms with Crippen molar-refractivity contribution in [2.24, 2.45) is 0 Å². The highest BCUT2D eigenvalue weighted by Crippen LogP contribution is 2.20. The molecule has 2 aromatic rings. The number of rotatable bonds is 1. The van der Waals surface area contributed by atoms with E-state index in [2.05, 4.69) is 21.0 Å². The fourth-order valence-corrected chi connectivity index (χ4v) is 1.88. The van der Waals surface area contributed by atoms with Gasteiger partial charge in [0.25, 0.3) is 0 Å². The maximum absolute atomic E-state index is 11.3. The van der Waals surface area contributed by atoms with Crippen LogP contribution in [0, 0.1) is 6.92 Å². The highest BCUT2D eigenvalue weighted by molar-refractivity contribution is 9.10. The molecule has 1 heterocycles. The second-order valence-corrected chi connectivity index (χ2v) is 4.25. The van der Waals surface area contributed by atoms with Gasteiger partial charge in [-0.1, -0.05) is 12.1 Å². The molecule has 0 saturated carbocycles. The van der Waals surface area contributed by atoms with E-state index in [9.17, 15) is 4.79 Å². The minimum Gasteiger partial charge on any atom is -0.379 e. The van der Waals surface area contributed by atoms with Crippen LogP contribution in [0.3, 0.4) is 0 Å². The first-order valence-electron chi connectivity index (χ1n) is 4.71. The number of nitrogen functional groups attached to an aromatic ring is 1. The first kappa shape index (κ1) is 10.9. The molecular formula is C11H10BrN3O. The molecule has 1 aromatic carbocycles. The van der Waals surface area contributed by atoms with Gasteiger partial charge in [0.1, 0.15) is 0 Å². The summed E-state index contributed by atoms with van der Waals surface area (Å²) in [5, 5.41) is 4.06. The average Bonchev–Trinajstić information content (AvgIpc) is 2.25. The van der Waals surface area contributed by atoms with Crippen LogP contribution in [-0.2, 0) is 0 Å². The Morgan fingerprint density at radius 1 is 1.38 bits per heavy atom. The van der Waals surface area contributed by atoms with E-state index >= 15 is 0 Å². The van der Waals surface area contributed by atoms with Crippen LogP contribution in [0.15, 0.2) is 39.6 Å². The highest BCUT2D eigenvalue weighted by Gasteiger charge is 2.06. The second kappa shape index (κ2) is 4.09. The van der Waals surface area contributed by atoms with Gasteiger partial charge in [0, 0.05) is 16.2 Å². The first-order chi connectivity index (χ1) is 7.59. The number of hydrogen-bond acceptors (Lipinski definition) is 3. The number of aromatic nitrogens is 2. The minimum atomic E-state index is -0.249. The summed E-state index contributed by atoms with van der Waals surface area (Å²) in [5.41, 5.74) is 6.86. The molecule has 0 amide bonds. The molecule has 1 aromatic heterocycles. The lowest BCUT2D eigenvalue weighted by Gasteiger charge is -2.11. The Labute approximate surface area is 101 Å². The van der Waals surface area contributed by atoms with Gasteiger partial charge in [0.05, 0.1) is 5.69 Å². The third kappa shape index (κ3) is 1.86. The van der Waals surface area contributed by atoms with Crippen LogP contribution in [0.1, 0.15) is 5.69 Å². The number of nitrogens with two attached hydrogens (primary N) is 1. The molecule has 0 radical (unpaired) electrons. The largest absolute Gasteiger partial charge is 0.379 e. The Bertz CT molecular complexity index is 592. The maximum atomic E-state index is 11.3. The monoisotopic (exact) mass is 279 g/mol. The van der Waals surface area contributed by atoms with Crippen molar-refractivity contribution in [1.82, 2.24) is 9.78 Å². The lowest BCUT2D eigenvalue weighted by molar-refractivity contribution is 0.804. The van der Waals surface area contributed by atoms with E-state index in [-0.39, 0.29) is 11.2 Å². The van der Waals surface area contributed by atoms with Gasteiger partial charge in [-0.25, -0.2) is 4.68 Å². The first-order valence-corrected chi connectivity index (χ1v) is 5.50. The molecule has 0 fully saturated rings. The van der Waals surface area contributed by atoms with E-state index in [1.807, 2.05) is 31.2 Å². The van der Waals surface area contributed by atoms with Crippen LogP contribution in [0.5, 0.6) is 0 Å². The van der Waals surface area contributed by atoms with Crippen LogP contribution in [-0.4, -0.2) is 9.78 Å². The van der Waals surface area contributed by atoms with E-state index in [4.69, 9.17) is 5.73 Å². The number of nitrogens with zero attached hydrogens (tertiary/aromatic N) is 2. The van der Waals surface area contributed by atoms with Gasteiger partial charge < -0.3 is 5.73 Å². The molecule has 5 heteroatoms. The molecule has 2 N–H and O–H groups in total. The van der Waals surface area contributed by atoms with Crippen molar-refractivity contribution in [1.29, 1.82) is 0 Å². The smallest absolute Gasteiger partial charge is 0.224 e. The molecule has 2 rings (SSSR count). The number of hydrogen-bond donors (Lipinski definition) is 1. The fraction of sp³-hybridized carbons (Fsp3) is 0.0909. The normalized spacial score (nSPS) is 10.4. The third-order valence-corrected chi connectivity index (χ3v) is 2.89. The van der Waals surface area contributed by atoms with Crippen molar-refractivity contribution in [3.05, 3.63) is 50.7 Å². The Hall–Kier alpha value is -1.62. The molecule has 0 aliphatic rings. The summed E-state index contributed by atoms with van der Waals surface area (Å²) in [7, 11) is 0. The molecule has 0 aliphatic carbocycles. The van der Waals surface area contributed by atoms with Gasteiger partial charge in [0.2, 0.25) is 5.43 Å². The van der Waals surface area contributed by atoms with Crippen LogP contribution >= 0.6 is 15.9 Å². The summed E-state index contributed by atoms with van der Waals surface area (Å²) in [4.78, 5) is 11.3. The predicted molar refractivity (Wildman–Crippen MR) is 66.7 cm³/mol. The van der Waals surface area contributed by atoms with Gasteiger partial charge in [0.15, 0.2) is 5.82 Å². The lowest BCUT2D eigenvalue weighted by Crippen LogP contribution is -2.17. The minimum absolute atomic E-state index is 0.00125. The number of para-hydroxylation sites is 1. The average molecular weight is 280 g/mol. The summed E-state index contributed by atoms with van der Waals surface area (Å²) >= 11 is 3.43. The quantitative estimate of drug-likeness (QED) is 0.867. The summed E-state index contributed by atoms with van der Waals surface area (Å²) in [5.74, 6) is 0.00125. The molecule has 16 heavy (non-hydrogen) atoms. The van der Waals surface area contributed by atoms with Crippen LogP contribution in [0.4, 0.5) is 5.82 Å². The molecule has 0 bridgehead atoms. The van der Waals surface area contributed by atoms with Crippen molar-refractivity contribution >= 4 is 21.7 Å². The molecule has 0 spiro atoms. The van der Waals surface area contributed by atoms with Crippen LogP contribution < -0.4 is 11.2 Å². The molecule has 82 valence electrons. The zero-order chi connectivity index (χ0) is 11.7. The third-order valence-electron chi connectivity index (χ3n) is 2.21. The summed E-state index contributed by atoms with van der Waals surface area (Å²) in [6.07, 6.45) is 0. The van der Waals surface area contributed by atoms with E-state index in [0.29, 0.717) is 0 Å². The van der Waals surface area contributed by atoms with Gasteiger partial charge >= 0.3 is 0 Å². The second-order valence-electron chi connectivity index (χ2n) is 3.40. The van der Waals surface area contributed by atoms with Crippen molar-refractivity contribution < 1.29 is 0 Å². The zero-order valence-corrected chi connectivity index (χ0v) is 10.2. The van der Waals surface area contributed by atoms with Gasteiger partial charge in [-0.05, 0) is 35.0 Å². The summed E-state index contributed by atoms with van der Waals surface area (Å²) in [6, 6.07) is 9.09. The number of benzene rings is 1. The fourth-order valence-electron chi connectivity index (χ4n) is 1.43. The molecule has 4 nitrogen and oxygen atoms in total. The Balaban J connectivity index is 2.70. The number of anilines is 1. The maximum Gasteiger partial charge on any atom is 0.224 e. The van der Waals surface area contributed by atoms with Crippen LogP contribution in [0.25, 0.3) is 5.69 Å².